The van der Waals surface area contributed by atoms with Gasteiger partial charge in [0.2, 0.25) is 0 Å². The van der Waals surface area contributed by atoms with Gasteiger partial charge in [0.15, 0.2) is 0 Å². The van der Waals surface area contributed by atoms with Crippen molar-refractivity contribution in [1.82, 2.24) is 4.90 Å². The van der Waals surface area contributed by atoms with Crippen LogP contribution in [-0.4, -0.2) is 35.2 Å². The van der Waals surface area contributed by atoms with Crippen LogP contribution in [0.25, 0.3) is 0 Å². The van der Waals surface area contributed by atoms with Gasteiger partial charge in [-0.05, 0) is 25.8 Å². The monoisotopic (exact) mass is 171 g/mol. The molecule has 0 aromatic rings. The highest BCUT2D eigenvalue weighted by atomic mass is 16.3. The second-order valence-corrected chi connectivity index (χ2v) is 5.25. The van der Waals surface area contributed by atoms with Crippen molar-refractivity contribution in [3.8, 4) is 0 Å². The van der Waals surface area contributed by atoms with Gasteiger partial charge in [0, 0.05) is 12.6 Å². The minimum absolute atomic E-state index is 0.00792. The lowest BCUT2D eigenvalue weighted by Crippen LogP contribution is -2.44. The maximum absolute atomic E-state index is 10.3. The Labute approximate surface area is 75.6 Å². The molecule has 2 heteroatoms. The Morgan fingerprint density at radius 2 is 1.92 bits per heavy atom. The third kappa shape index (κ3) is 1.50. The normalized spacial score (nSPS) is 39.0. The fourth-order valence-electron chi connectivity index (χ4n) is 1.82. The fraction of sp³-hybridized carbons (Fsp3) is 1.00. The highest BCUT2D eigenvalue weighted by Crippen LogP contribution is 2.39. The summed E-state index contributed by atoms with van der Waals surface area (Å²) in [6.07, 6.45) is 0.896. The van der Waals surface area contributed by atoms with Crippen LogP contribution in [0.4, 0.5) is 0 Å². The van der Waals surface area contributed by atoms with E-state index in [-0.39, 0.29) is 5.41 Å². The molecular formula is C10H21NO. The molecule has 0 aromatic heterocycles. The van der Waals surface area contributed by atoms with Crippen molar-refractivity contribution in [2.75, 3.05) is 13.6 Å². The zero-order valence-electron chi connectivity index (χ0n) is 8.89. The molecule has 72 valence electrons. The number of hydrogen-bond donors (Lipinski definition) is 1. The van der Waals surface area contributed by atoms with Crippen molar-refractivity contribution in [3.63, 3.8) is 0 Å². The summed E-state index contributed by atoms with van der Waals surface area (Å²) in [4.78, 5) is 2.23. The predicted molar refractivity (Wildman–Crippen MR) is 51.1 cm³/mol. The molecule has 2 atom stereocenters. The molecule has 0 aromatic carbocycles. The fourth-order valence-corrected chi connectivity index (χ4v) is 1.82. The van der Waals surface area contributed by atoms with Crippen molar-refractivity contribution in [2.45, 2.75) is 45.8 Å². The third-order valence-electron chi connectivity index (χ3n) is 3.29. The second kappa shape index (κ2) is 2.71. The van der Waals surface area contributed by atoms with E-state index in [4.69, 9.17) is 0 Å². The summed E-state index contributed by atoms with van der Waals surface area (Å²) in [6.45, 7) is 9.30. The molecule has 2 nitrogen and oxygen atoms in total. The number of β-amino-alcohol motifs (C(OH)–C–C–N with tert-alkyl or cyclic N) is 1. The van der Waals surface area contributed by atoms with E-state index in [0.717, 1.165) is 13.0 Å². The van der Waals surface area contributed by atoms with E-state index in [1.807, 2.05) is 0 Å². The van der Waals surface area contributed by atoms with Crippen LogP contribution < -0.4 is 0 Å². The van der Waals surface area contributed by atoms with Gasteiger partial charge in [0.25, 0.3) is 0 Å². The van der Waals surface area contributed by atoms with E-state index in [1.54, 1.807) is 0 Å². The van der Waals surface area contributed by atoms with Crippen LogP contribution in [0.2, 0.25) is 0 Å². The Bertz CT molecular complexity index is 161. The molecular weight excluding hydrogens is 150 g/mol. The minimum Gasteiger partial charge on any atom is -0.388 e. The summed E-state index contributed by atoms with van der Waals surface area (Å²) in [7, 11) is 2.08. The maximum atomic E-state index is 10.3. The van der Waals surface area contributed by atoms with Gasteiger partial charge in [0.1, 0.15) is 0 Å². The Morgan fingerprint density at radius 3 is 2.08 bits per heavy atom. The molecule has 1 aliphatic rings. The Hall–Kier alpha value is -0.0800. The van der Waals surface area contributed by atoms with Crippen molar-refractivity contribution < 1.29 is 5.11 Å². The molecule has 0 amide bonds. The summed E-state index contributed by atoms with van der Waals surface area (Å²) in [5, 5.41) is 10.3. The number of likely N-dealkylation sites (tertiary alicyclic amines) is 1. The summed E-state index contributed by atoms with van der Waals surface area (Å²) in [5.74, 6) is 0. The highest BCUT2D eigenvalue weighted by Gasteiger charge is 2.47. The first-order valence-corrected chi connectivity index (χ1v) is 4.69. The van der Waals surface area contributed by atoms with Crippen LogP contribution >= 0.6 is 0 Å². The Balaban J connectivity index is 2.77. The number of hydrogen-bond acceptors (Lipinski definition) is 2. The summed E-state index contributed by atoms with van der Waals surface area (Å²) in [5.41, 5.74) is -0.507. The molecule has 2 unspecified atom stereocenters. The Morgan fingerprint density at radius 1 is 1.42 bits per heavy atom. The lowest BCUT2D eigenvalue weighted by molar-refractivity contribution is -0.0465. The van der Waals surface area contributed by atoms with Gasteiger partial charge < -0.3 is 10.0 Å². The van der Waals surface area contributed by atoms with E-state index < -0.39 is 5.60 Å². The predicted octanol–water partition coefficient (Wildman–Crippen LogP) is 1.49. The van der Waals surface area contributed by atoms with E-state index in [2.05, 4.69) is 39.6 Å². The SMILES string of the molecule is CC1CC(O)(C(C)(C)C)CN1C. The molecule has 0 bridgehead atoms. The average molecular weight is 171 g/mol. The zero-order valence-corrected chi connectivity index (χ0v) is 8.89. The van der Waals surface area contributed by atoms with E-state index >= 15 is 0 Å². The molecule has 0 spiro atoms. The molecule has 1 fully saturated rings. The first kappa shape index (κ1) is 10.0. The minimum atomic E-state index is -0.499. The van der Waals surface area contributed by atoms with E-state index in [1.165, 1.54) is 0 Å². The lowest BCUT2D eigenvalue weighted by atomic mass is 9.75. The molecule has 1 heterocycles. The molecule has 0 aliphatic carbocycles. The topological polar surface area (TPSA) is 23.5 Å². The van der Waals surface area contributed by atoms with Crippen LogP contribution in [0.5, 0.6) is 0 Å². The maximum Gasteiger partial charge on any atom is 0.0836 e. The lowest BCUT2D eigenvalue weighted by Gasteiger charge is -2.36. The Kier molecular flexibility index (Phi) is 2.26. The van der Waals surface area contributed by atoms with Gasteiger partial charge >= 0.3 is 0 Å². The number of aliphatic hydroxyl groups is 1. The molecule has 0 saturated carbocycles. The largest absolute Gasteiger partial charge is 0.388 e. The standard InChI is InChI=1S/C10H21NO/c1-8-6-10(12,7-11(8)5)9(2,3)4/h8,12H,6-7H2,1-5H3. The summed E-state index contributed by atoms with van der Waals surface area (Å²) < 4.78 is 0. The molecule has 0 radical (unpaired) electrons. The average Bonchev–Trinajstić information content (AvgIpc) is 2.06. The van der Waals surface area contributed by atoms with E-state index in [9.17, 15) is 5.11 Å². The smallest absolute Gasteiger partial charge is 0.0836 e. The molecule has 1 N–H and O–H groups in total. The van der Waals surface area contributed by atoms with Crippen LogP contribution in [0.15, 0.2) is 0 Å². The molecule has 1 rings (SSSR count). The van der Waals surface area contributed by atoms with Gasteiger partial charge in [-0.3, -0.25) is 0 Å². The molecule has 1 aliphatic heterocycles. The van der Waals surface area contributed by atoms with Crippen molar-refractivity contribution in [1.29, 1.82) is 0 Å². The number of nitrogens with zero attached hydrogens (tertiary/aromatic N) is 1. The number of likely N-dealkylation sites (N-methyl/N-ethyl adjacent to an activating group) is 1. The van der Waals surface area contributed by atoms with Crippen molar-refractivity contribution >= 4 is 0 Å². The second-order valence-electron chi connectivity index (χ2n) is 5.25. The van der Waals surface area contributed by atoms with Gasteiger partial charge in [-0.25, -0.2) is 0 Å². The van der Waals surface area contributed by atoms with Crippen molar-refractivity contribution in [2.24, 2.45) is 5.41 Å². The van der Waals surface area contributed by atoms with Gasteiger partial charge in [0.05, 0.1) is 5.60 Å². The van der Waals surface area contributed by atoms with Gasteiger partial charge in [-0.2, -0.15) is 0 Å². The zero-order chi connectivity index (χ0) is 9.57. The van der Waals surface area contributed by atoms with Crippen LogP contribution in [0.3, 0.4) is 0 Å². The molecule has 1 saturated heterocycles. The van der Waals surface area contributed by atoms with Crippen molar-refractivity contribution in [3.05, 3.63) is 0 Å². The highest BCUT2D eigenvalue weighted by molar-refractivity contribution is 5.00. The van der Waals surface area contributed by atoms with E-state index in [0.29, 0.717) is 6.04 Å². The first-order chi connectivity index (χ1) is 5.26. The van der Waals surface area contributed by atoms with Crippen LogP contribution in [0, 0.1) is 5.41 Å². The number of rotatable bonds is 0. The third-order valence-corrected chi connectivity index (χ3v) is 3.29. The van der Waals surface area contributed by atoms with Gasteiger partial charge in [-0.1, -0.05) is 20.8 Å². The van der Waals surface area contributed by atoms with Gasteiger partial charge in [-0.15, -0.1) is 0 Å². The quantitative estimate of drug-likeness (QED) is 0.597. The van der Waals surface area contributed by atoms with Crippen LogP contribution in [0.1, 0.15) is 34.1 Å². The molecule has 12 heavy (non-hydrogen) atoms. The summed E-state index contributed by atoms with van der Waals surface area (Å²) in [6, 6.07) is 0.509. The van der Waals surface area contributed by atoms with Crippen LogP contribution in [-0.2, 0) is 0 Å². The summed E-state index contributed by atoms with van der Waals surface area (Å²) >= 11 is 0. The first-order valence-electron chi connectivity index (χ1n) is 4.69.